The fourth-order valence-electron chi connectivity index (χ4n) is 3.33. The topological polar surface area (TPSA) is 56.1 Å². The summed E-state index contributed by atoms with van der Waals surface area (Å²) >= 11 is 0. The molecule has 4 nitrogen and oxygen atoms in total. The van der Waals surface area contributed by atoms with Gasteiger partial charge in [-0.3, -0.25) is 9.69 Å². The molecule has 4 heteroatoms. The highest BCUT2D eigenvalue weighted by Gasteiger charge is 2.23. The van der Waals surface area contributed by atoms with Crippen molar-refractivity contribution in [3.8, 4) is 6.07 Å². The van der Waals surface area contributed by atoms with Gasteiger partial charge in [0.15, 0.2) is 0 Å². The van der Waals surface area contributed by atoms with Crippen LogP contribution in [0.2, 0.25) is 0 Å². The minimum Gasteiger partial charge on any atom is -0.355 e. The van der Waals surface area contributed by atoms with Gasteiger partial charge in [-0.1, -0.05) is 48.5 Å². The summed E-state index contributed by atoms with van der Waals surface area (Å²) in [4.78, 5) is 14.4. The van der Waals surface area contributed by atoms with E-state index < -0.39 is 0 Å². The number of nitriles is 1. The van der Waals surface area contributed by atoms with E-state index in [1.807, 2.05) is 54.6 Å². The van der Waals surface area contributed by atoms with Gasteiger partial charge in [0.05, 0.1) is 18.1 Å². The zero-order valence-electron chi connectivity index (χ0n) is 14.3. The molecule has 128 valence electrons. The number of carbonyl (C=O) groups excluding carboxylic acids is 1. The van der Waals surface area contributed by atoms with Gasteiger partial charge in [-0.15, -0.1) is 0 Å². The third-order valence-electron chi connectivity index (χ3n) is 4.70. The summed E-state index contributed by atoms with van der Waals surface area (Å²) < 4.78 is 0. The lowest BCUT2D eigenvalue weighted by atomic mass is 10.1. The predicted molar refractivity (Wildman–Crippen MR) is 97.7 cm³/mol. The van der Waals surface area contributed by atoms with Crippen molar-refractivity contribution in [2.24, 2.45) is 5.92 Å². The maximum atomic E-state index is 12.1. The SMILES string of the molecule is N#Cc1ccccc1CN1CC[C@H](CNC(=O)Cc2ccccc2)C1. The van der Waals surface area contributed by atoms with Crippen molar-refractivity contribution in [1.29, 1.82) is 5.26 Å². The molecular weight excluding hydrogens is 310 g/mol. The Kier molecular flexibility index (Phi) is 5.81. The largest absolute Gasteiger partial charge is 0.355 e. The monoisotopic (exact) mass is 333 g/mol. The van der Waals surface area contributed by atoms with E-state index in [-0.39, 0.29) is 5.91 Å². The molecule has 0 saturated carbocycles. The Morgan fingerprint density at radius 2 is 1.92 bits per heavy atom. The van der Waals surface area contributed by atoms with Gasteiger partial charge >= 0.3 is 0 Å². The predicted octanol–water partition coefficient (Wildman–Crippen LogP) is 2.74. The summed E-state index contributed by atoms with van der Waals surface area (Å²) in [5.74, 6) is 0.563. The van der Waals surface area contributed by atoms with E-state index in [1.54, 1.807) is 0 Å². The quantitative estimate of drug-likeness (QED) is 0.884. The zero-order chi connectivity index (χ0) is 17.5. The van der Waals surface area contributed by atoms with Crippen molar-refractivity contribution in [3.63, 3.8) is 0 Å². The fourth-order valence-corrected chi connectivity index (χ4v) is 3.33. The highest BCUT2D eigenvalue weighted by atomic mass is 16.1. The maximum absolute atomic E-state index is 12.1. The molecule has 1 heterocycles. The highest BCUT2D eigenvalue weighted by Crippen LogP contribution is 2.19. The van der Waals surface area contributed by atoms with Gasteiger partial charge in [-0.05, 0) is 36.1 Å². The maximum Gasteiger partial charge on any atom is 0.224 e. The van der Waals surface area contributed by atoms with Crippen LogP contribution in [0.15, 0.2) is 54.6 Å². The molecule has 1 N–H and O–H groups in total. The lowest BCUT2D eigenvalue weighted by Crippen LogP contribution is -2.32. The smallest absolute Gasteiger partial charge is 0.224 e. The van der Waals surface area contributed by atoms with Gasteiger partial charge in [0.25, 0.3) is 0 Å². The molecular formula is C21H23N3O. The average Bonchev–Trinajstić information content (AvgIpc) is 3.09. The van der Waals surface area contributed by atoms with Crippen molar-refractivity contribution in [1.82, 2.24) is 10.2 Å². The lowest BCUT2D eigenvalue weighted by molar-refractivity contribution is -0.120. The van der Waals surface area contributed by atoms with Crippen LogP contribution in [-0.2, 0) is 17.8 Å². The number of rotatable bonds is 6. The number of nitrogens with one attached hydrogen (secondary N) is 1. The highest BCUT2D eigenvalue weighted by molar-refractivity contribution is 5.78. The molecule has 1 fully saturated rings. The molecule has 2 aromatic carbocycles. The number of benzene rings is 2. The molecule has 3 rings (SSSR count). The minimum atomic E-state index is 0.0828. The average molecular weight is 333 g/mol. The summed E-state index contributed by atoms with van der Waals surface area (Å²) in [6.45, 7) is 3.50. The van der Waals surface area contributed by atoms with Gasteiger partial charge in [-0.2, -0.15) is 5.26 Å². The van der Waals surface area contributed by atoms with Crippen molar-refractivity contribution >= 4 is 5.91 Å². The van der Waals surface area contributed by atoms with E-state index in [0.717, 1.165) is 49.3 Å². The van der Waals surface area contributed by atoms with Crippen LogP contribution in [0.25, 0.3) is 0 Å². The number of nitrogens with zero attached hydrogens (tertiary/aromatic N) is 2. The number of hydrogen-bond donors (Lipinski definition) is 1. The molecule has 0 aliphatic carbocycles. The van der Waals surface area contributed by atoms with Crippen LogP contribution in [0, 0.1) is 17.2 Å². The second-order valence-corrected chi connectivity index (χ2v) is 6.63. The summed E-state index contributed by atoms with van der Waals surface area (Å²) in [5, 5.41) is 12.3. The van der Waals surface area contributed by atoms with Gasteiger partial charge in [-0.25, -0.2) is 0 Å². The van der Waals surface area contributed by atoms with Crippen molar-refractivity contribution in [2.75, 3.05) is 19.6 Å². The molecule has 0 bridgehead atoms. The zero-order valence-corrected chi connectivity index (χ0v) is 14.3. The molecule has 0 aromatic heterocycles. The number of carbonyl (C=O) groups is 1. The van der Waals surface area contributed by atoms with Crippen molar-refractivity contribution in [3.05, 3.63) is 71.3 Å². The Hall–Kier alpha value is -2.64. The minimum absolute atomic E-state index is 0.0828. The Morgan fingerprint density at radius 3 is 2.72 bits per heavy atom. The molecule has 1 aliphatic rings. The van der Waals surface area contributed by atoms with E-state index >= 15 is 0 Å². The number of amides is 1. The molecule has 1 saturated heterocycles. The van der Waals surface area contributed by atoms with E-state index in [2.05, 4.69) is 16.3 Å². The molecule has 1 amide bonds. The van der Waals surface area contributed by atoms with Gasteiger partial charge in [0, 0.05) is 19.6 Å². The first kappa shape index (κ1) is 17.2. The normalized spacial score (nSPS) is 17.2. The van der Waals surface area contributed by atoms with Gasteiger partial charge in [0.1, 0.15) is 0 Å². The molecule has 1 atom stereocenters. The van der Waals surface area contributed by atoms with Crippen LogP contribution in [0.1, 0.15) is 23.1 Å². The number of likely N-dealkylation sites (tertiary alicyclic amines) is 1. The Balaban J connectivity index is 1.44. The van der Waals surface area contributed by atoms with Crippen LogP contribution < -0.4 is 5.32 Å². The summed E-state index contributed by atoms with van der Waals surface area (Å²) in [6, 6.07) is 19.8. The second kappa shape index (κ2) is 8.46. The third kappa shape index (κ3) is 4.91. The van der Waals surface area contributed by atoms with E-state index in [4.69, 9.17) is 0 Å². The Bertz CT molecular complexity index is 751. The number of hydrogen-bond acceptors (Lipinski definition) is 3. The van der Waals surface area contributed by atoms with Crippen LogP contribution in [-0.4, -0.2) is 30.4 Å². The van der Waals surface area contributed by atoms with Crippen LogP contribution in [0.4, 0.5) is 0 Å². The summed E-state index contributed by atoms with van der Waals surface area (Å²) in [5.41, 5.74) is 2.88. The molecule has 0 unspecified atom stereocenters. The Morgan fingerprint density at radius 1 is 1.16 bits per heavy atom. The van der Waals surface area contributed by atoms with Crippen LogP contribution in [0.3, 0.4) is 0 Å². The summed E-state index contributed by atoms with van der Waals surface area (Å²) in [6.07, 6.45) is 1.52. The first-order valence-electron chi connectivity index (χ1n) is 8.75. The molecule has 2 aromatic rings. The summed E-state index contributed by atoms with van der Waals surface area (Å²) in [7, 11) is 0. The van der Waals surface area contributed by atoms with Crippen LogP contribution in [0.5, 0.6) is 0 Å². The van der Waals surface area contributed by atoms with Crippen molar-refractivity contribution in [2.45, 2.75) is 19.4 Å². The van der Waals surface area contributed by atoms with E-state index in [9.17, 15) is 10.1 Å². The molecule has 0 radical (unpaired) electrons. The van der Waals surface area contributed by atoms with Gasteiger partial charge < -0.3 is 5.32 Å². The Labute approximate surface area is 149 Å². The second-order valence-electron chi connectivity index (χ2n) is 6.63. The van der Waals surface area contributed by atoms with E-state index in [0.29, 0.717) is 12.3 Å². The first-order valence-corrected chi connectivity index (χ1v) is 8.75. The van der Waals surface area contributed by atoms with E-state index in [1.165, 1.54) is 0 Å². The van der Waals surface area contributed by atoms with Gasteiger partial charge in [0.2, 0.25) is 5.91 Å². The first-order chi connectivity index (χ1) is 12.2. The molecule has 25 heavy (non-hydrogen) atoms. The fraction of sp³-hybridized carbons (Fsp3) is 0.333. The van der Waals surface area contributed by atoms with Crippen LogP contribution >= 0.6 is 0 Å². The standard InChI is InChI=1S/C21H23N3O/c22-13-19-8-4-5-9-20(19)16-24-11-10-18(15-24)14-23-21(25)12-17-6-2-1-3-7-17/h1-9,18H,10-12,14-16H2,(H,23,25)/t18-/m1/s1. The molecule has 0 spiro atoms. The third-order valence-corrected chi connectivity index (χ3v) is 4.70. The lowest BCUT2D eigenvalue weighted by Gasteiger charge is -2.17. The molecule has 1 aliphatic heterocycles. The van der Waals surface area contributed by atoms with Crippen molar-refractivity contribution < 1.29 is 4.79 Å².